The van der Waals surface area contributed by atoms with Crippen molar-refractivity contribution in [3.05, 3.63) is 29.3 Å². The van der Waals surface area contributed by atoms with Crippen LogP contribution in [-0.4, -0.2) is 51.6 Å². The third-order valence-corrected chi connectivity index (χ3v) is 6.88. The molecule has 5 rings (SSSR count). The monoisotopic (exact) mass is 315 g/mol. The van der Waals surface area contributed by atoms with Crippen LogP contribution in [0.15, 0.2) is 18.2 Å². The lowest BCUT2D eigenvalue weighted by Gasteiger charge is -2.60. The number of likely N-dealkylation sites (tertiary alicyclic amines) is 1. The van der Waals surface area contributed by atoms with Crippen molar-refractivity contribution in [2.75, 3.05) is 13.6 Å². The summed E-state index contributed by atoms with van der Waals surface area (Å²) in [5.41, 5.74) is 0.596. The molecule has 0 unspecified atom stereocenters. The summed E-state index contributed by atoms with van der Waals surface area (Å²) in [6.45, 7) is 2.86. The van der Waals surface area contributed by atoms with E-state index in [2.05, 4.69) is 18.0 Å². The summed E-state index contributed by atoms with van der Waals surface area (Å²) >= 11 is 0. The van der Waals surface area contributed by atoms with Crippen LogP contribution in [0.25, 0.3) is 0 Å². The van der Waals surface area contributed by atoms with Crippen molar-refractivity contribution in [2.45, 2.75) is 42.9 Å². The number of phenolic OH excluding ortho intramolecular Hbond substituents is 2. The van der Waals surface area contributed by atoms with Crippen LogP contribution < -0.4 is 4.74 Å². The molecule has 1 fully saturated rings. The van der Waals surface area contributed by atoms with E-state index in [0.717, 1.165) is 30.5 Å². The first kappa shape index (κ1) is 13.7. The Kier molecular flexibility index (Phi) is 2.29. The second kappa shape index (κ2) is 3.84. The van der Waals surface area contributed by atoms with Gasteiger partial charge < -0.3 is 25.0 Å². The van der Waals surface area contributed by atoms with Crippen molar-refractivity contribution >= 4 is 0 Å². The first-order valence-electron chi connectivity index (χ1n) is 8.24. The van der Waals surface area contributed by atoms with Crippen LogP contribution >= 0.6 is 0 Å². The fourth-order valence-corrected chi connectivity index (χ4v) is 5.68. The molecule has 5 nitrogen and oxygen atoms in total. The Labute approximate surface area is 134 Å². The van der Waals surface area contributed by atoms with Crippen LogP contribution in [0.4, 0.5) is 0 Å². The van der Waals surface area contributed by atoms with E-state index in [9.17, 15) is 15.3 Å². The van der Waals surface area contributed by atoms with Gasteiger partial charge in [-0.3, -0.25) is 0 Å². The SMILES string of the molecule is CN1CC[C@]23c4c5c(O)cc(O)c4O[C@@]2(C)[C@@H](O)C=C[C@H]3[C@H]1C5. The second-order valence-corrected chi connectivity index (χ2v) is 7.64. The molecule has 5 heteroatoms. The van der Waals surface area contributed by atoms with E-state index in [1.54, 1.807) is 0 Å². The minimum absolute atomic E-state index is 0.0328. The van der Waals surface area contributed by atoms with Gasteiger partial charge >= 0.3 is 0 Å². The maximum Gasteiger partial charge on any atom is 0.166 e. The lowest BCUT2D eigenvalue weighted by Crippen LogP contribution is -2.70. The van der Waals surface area contributed by atoms with Crippen LogP contribution in [0.3, 0.4) is 0 Å². The zero-order valence-electron chi connectivity index (χ0n) is 13.3. The van der Waals surface area contributed by atoms with Crippen molar-refractivity contribution in [1.29, 1.82) is 0 Å². The highest BCUT2D eigenvalue weighted by Gasteiger charge is 2.70. The van der Waals surface area contributed by atoms with Gasteiger partial charge in [0.05, 0.1) is 5.41 Å². The molecule has 1 spiro atoms. The third-order valence-electron chi connectivity index (χ3n) is 6.88. The fourth-order valence-electron chi connectivity index (χ4n) is 5.68. The molecule has 1 aromatic carbocycles. The molecule has 122 valence electrons. The lowest BCUT2D eigenvalue weighted by atomic mass is 9.49. The maximum absolute atomic E-state index is 10.7. The summed E-state index contributed by atoms with van der Waals surface area (Å²) < 4.78 is 6.22. The Morgan fingerprint density at radius 1 is 1.26 bits per heavy atom. The van der Waals surface area contributed by atoms with Gasteiger partial charge in [-0.05, 0) is 33.4 Å². The van der Waals surface area contributed by atoms with Crippen LogP contribution in [-0.2, 0) is 11.8 Å². The molecule has 1 saturated heterocycles. The van der Waals surface area contributed by atoms with Gasteiger partial charge in [-0.15, -0.1) is 0 Å². The molecular weight excluding hydrogens is 294 g/mol. The summed E-state index contributed by atoms with van der Waals surface area (Å²) in [5.74, 6) is 0.770. The van der Waals surface area contributed by atoms with Crippen molar-refractivity contribution in [3.63, 3.8) is 0 Å². The van der Waals surface area contributed by atoms with Gasteiger partial charge in [0.2, 0.25) is 0 Å². The molecule has 3 N–H and O–H groups in total. The highest BCUT2D eigenvalue weighted by atomic mass is 16.5. The lowest BCUT2D eigenvalue weighted by molar-refractivity contribution is -0.110. The second-order valence-electron chi connectivity index (χ2n) is 7.64. The minimum atomic E-state index is -0.811. The van der Waals surface area contributed by atoms with Crippen LogP contribution in [0.1, 0.15) is 24.5 Å². The van der Waals surface area contributed by atoms with E-state index in [0.29, 0.717) is 5.75 Å². The Morgan fingerprint density at radius 3 is 2.83 bits per heavy atom. The van der Waals surface area contributed by atoms with Gasteiger partial charge in [0.1, 0.15) is 17.5 Å². The Balaban J connectivity index is 1.91. The molecule has 0 radical (unpaired) electrons. The number of hydrogen-bond donors (Lipinski definition) is 3. The van der Waals surface area contributed by atoms with Crippen molar-refractivity contribution < 1.29 is 20.1 Å². The summed E-state index contributed by atoms with van der Waals surface area (Å²) in [7, 11) is 2.12. The number of aromatic hydroxyl groups is 2. The van der Waals surface area contributed by atoms with E-state index in [1.165, 1.54) is 6.07 Å². The number of aliphatic hydroxyl groups is 1. The number of benzene rings is 1. The van der Waals surface area contributed by atoms with Crippen molar-refractivity contribution in [1.82, 2.24) is 4.90 Å². The number of rotatable bonds is 0. The fraction of sp³-hybridized carbons (Fsp3) is 0.556. The molecule has 1 aromatic rings. The molecule has 23 heavy (non-hydrogen) atoms. The zero-order valence-corrected chi connectivity index (χ0v) is 13.3. The van der Waals surface area contributed by atoms with Gasteiger partial charge in [0.25, 0.3) is 0 Å². The van der Waals surface area contributed by atoms with E-state index in [-0.39, 0.29) is 23.5 Å². The molecule has 0 aromatic heterocycles. The van der Waals surface area contributed by atoms with Crippen LogP contribution in [0, 0.1) is 5.92 Å². The molecule has 2 bridgehead atoms. The quantitative estimate of drug-likeness (QED) is 0.629. The van der Waals surface area contributed by atoms with Gasteiger partial charge in [-0.25, -0.2) is 0 Å². The van der Waals surface area contributed by atoms with Gasteiger partial charge in [0.15, 0.2) is 11.5 Å². The summed E-state index contributed by atoms with van der Waals surface area (Å²) in [4.78, 5) is 2.34. The molecule has 2 aliphatic heterocycles. The Hall–Kier alpha value is -1.72. The molecule has 5 atom stereocenters. The number of likely N-dealkylation sites (N-methyl/N-ethyl adjacent to an activating group) is 1. The minimum Gasteiger partial charge on any atom is -0.508 e. The van der Waals surface area contributed by atoms with Gasteiger partial charge in [-0.2, -0.15) is 0 Å². The molecular formula is C18H21NO4. The average molecular weight is 315 g/mol. The van der Waals surface area contributed by atoms with Crippen molar-refractivity contribution in [3.8, 4) is 17.2 Å². The van der Waals surface area contributed by atoms with Crippen LogP contribution in [0.5, 0.6) is 17.2 Å². The number of aliphatic hydroxyl groups excluding tert-OH is 1. The molecule has 0 amide bonds. The predicted octanol–water partition coefficient (Wildman–Crippen LogP) is 1.29. The van der Waals surface area contributed by atoms with E-state index in [1.807, 2.05) is 13.0 Å². The first-order valence-corrected chi connectivity index (χ1v) is 8.24. The number of ether oxygens (including phenoxy) is 1. The summed E-state index contributed by atoms with van der Waals surface area (Å²) in [5, 5.41) is 31.5. The standard InChI is InChI=1S/C18H21NO4/c1-17-14(22)4-3-10-11-7-9-12(20)8-13(21)16(23-17)15(9)18(10,17)5-6-19(11)2/h3-4,8,10-11,14,20-22H,5-7H2,1-2H3/t10-,11+,14-,17-,18-/m0/s1. The normalized spacial score (nSPS) is 43.2. The highest BCUT2D eigenvalue weighted by Crippen LogP contribution is 2.67. The Morgan fingerprint density at radius 2 is 2.04 bits per heavy atom. The summed E-state index contributed by atoms with van der Waals surface area (Å²) in [6.07, 6.45) is 4.79. The van der Waals surface area contributed by atoms with Crippen LogP contribution in [0.2, 0.25) is 0 Å². The maximum atomic E-state index is 10.7. The smallest absolute Gasteiger partial charge is 0.166 e. The number of phenols is 2. The average Bonchev–Trinajstić information content (AvgIpc) is 2.78. The van der Waals surface area contributed by atoms with Gasteiger partial charge in [0, 0.05) is 29.2 Å². The van der Waals surface area contributed by atoms with E-state index in [4.69, 9.17) is 4.74 Å². The summed E-state index contributed by atoms with van der Waals surface area (Å²) in [6, 6.07) is 1.64. The van der Waals surface area contributed by atoms with E-state index < -0.39 is 17.1 Å². The largest absolute Gasteiger partial charge is 0.508 e. The van der Waals surface area contributed by atoms with Gasteiger partial charge in [-0.1, -0.05) is 12.2 Å². The first-order chi connectivity index (χ1) is 10.9. The highest BCUT2D eigenvalue weighted by molar-refractivity contribution is 5.66. The molecule has 4 aliphatic rings. The molecule has 0 saturated carbocycles. The Bertz CT molecular complexity index is 760. The van der Waals surface area contributed by atoms with Crippen molar-refractivity contribution in [2.24, 2.45) is 5.92 Å². The molecule has 2 aliphatic carbocycles. The predicted molar refractivity (Wildman–Crippen MR) is 83.9 cm³/mol. The third kappa shape index (κ3) is 1.26. The number of nitrogens with zero attached hydrogens (tertiary/aromatic N) is 1. The number of piperidine rings is 1. The topological polar surface area (TPSA) is 73.2 Å². The number of hydrogen-bond acceptors (Lipinski definition) is 5. The van der Waals surface area contributed by atoms with E-state index >= 15 is 0 Å². The zero-order chi connectivity index (χ0) is 16.1. The molecule has 2 heterocycles.